The van der Waals surface area contributed by atoms with Gasteiger partial charge in [0.2, 0.25) is 10.0 Å². The van der Waals surface area contributed by atoms with Gasteiger partial charge >= 0.3 is 0 Å². The lowest BCUT2D eigenvalue weighted by molar-refractivity contribution is -0.120. The molecule has 0 aliphatic rings. The van der Waals surface area contributed by atoms with Gasteiger partial charge < -0.3 is 4.42 Å². The van der Waals surface area contributed by atoms with Gasteiger partial charge in [0.1, 0.15) is 11.4 Å². The smallest absolute Gasteiger partial charge is 0.243 e. The van der Waals surface area contributed by atoms with Crippen LogP contribution in [0, 0.1) is 5.41 Å². The van der Waals surface area contributed by atoms with E-state index in [0.717, 1.165) is 10.9 Å². The van der Waals surface area contributed by atoms with Crippen molar-refractivity contribution in [3.05, 3.63) is 60.6 Å². The van der Waals surface area contributed by atoms with E-state index in [2.05, 4.69) is 4.98 Å². The fraction of sp³-hybridized carbons (Fsp3) is 0.417. The van der Waals surface area contributed by atoms with Crippen molar-refractivity contribution in [3.63, 3.8) is 0 Å². The molecule has 0 aliphatic carbocycles. The summed E-state index contributed by atoms with van der Waals surface area (Å²) in [5.41, 5.74) is 1.49. The second-order valence-electron chi connectivity index (χ2n) is 9.05. The highest BCUT2D eigenvalue weighted by Gasteiger charge is 2.25. The highest BCUT2D eigenvalue weighted by Crippen LogP contribution is 2.25. The molecule has 0 amide bonds. The average Bonchev–Trinajstić information content (AvgIpc) is 3.17. The number of fused-ring (bicyclic) bond motifs is 1. The molecule has 3 aromatic rings. The third kappa shape index (κ3) is 6.48. The van der Waals surface area contributed by atoms with Crippen LogP contribution in [0.5, 0.6) is 0 Å². The van der Waals surface area contributed by atoms with Gasteiger partial charge in [0.25, 0.3) is 0 Å². The molecule has 3 rings (SSSR count). The number of aromatic nitrogens is 1. The zero-order valence-corrected chi connectivity index (χ0v) is 19.2. The van der Waals surface area contributed by atoms with Crippen LogP contribution in [0.3, 0.4) is 0 Å². The molecular weight excluding hydrogens is 412 g/mol. The predicted molar refractivity (Wildman–Crippen MR) is 121 cm³/mol. The van der Waals surface area contributed by atoms with E-state index in [9.17, 15) is 13.2 Å². The van der Waals surface area contributed by atoms with Gasteiger partial charge in [-0.05, 0) is 60.2 Å². The maximum atomic E-state index is 13.4. The molecule has 0 bridgehead atoms. The number of Topliss-reactive ketones (excluding diaryl/α,β-unsaturated/α-hetero) is 1. The van der Waals surface area contributed by atoms with Gasteiger partial charge in [0.15, 0.2) is 0 Å². The monoisotopic (exact) mass is 442 g/mol. The van der Waals surface area contributed by atoms with E-state index in [1.807, 2.05) is 32.9 Å². The molecule has 0 spiro atoms. The summed E-state index contributed by atoms with van der Waals surface area (Å²) < 4.78 is 33.7. The van der Waals surface area contributed by atoms with Crippen molar-refractivity contribution in [1.82, 2.24) is 9.29 Å². The Bertz CT molecular complexity index is 1120. The minimum absolute atomic E-state index is 0.0282. The Morgan fingerprint density at radius 1 is 1.06 bits per heavy atom. The van der Waals surface area contributed by atoms with Gasteiger partial charge in [0.05, 0.1) is 11.2 Å². The number of sulfonamides is 1. The first-order valence-electron chi connectivity index (χ1n) is 10.5. The third-order valence-electron chi connectivity index (χ3n) is 5.01. The minimum Gasteiger partial charge on any atom is -0.464 e. The van der Waals surface area contributed by atoms with Crippen molar-refractivity contribution < 1.29 is 17.6 Å². The second-order valence-corrected chi connectivity index (χ2v) is 11.0. The number of benzene rings is 1. The summed E-state index contributed by atoms with van der Waals surface area (Å²) in [7, 11) is -3.71. The maximum Gasteiger partial charge on any atom is 0.243 e. The standard InChI is InChI=1S/C24H30N2O4S/c1-24(2,3)17-21(27)6-4-5-14-26(18-19-9-12-25-13-10-19)31(28,29)22-7-8-23-20(16-22)11-15-30-23/h7-13,15-16H,4-6,14,17-18H2,1-3H3. The second kappa shape index (κ2) is 9.75. The Kier molecular flexibility index (Phi) is 7.28. The lowest BCUT2D eigenvalue weighted by Crippen LogP contribution is -2.31. The van der Waals surface area contributed by atoms with Crippen molar-refractivity contribution >= 4 is 26.8 Å². The number of furan rings is 1. The zero-order valence-electron chi connectivity index (χ0n) is 18.4. The molecule has 1 aromatic carbocycles. The van der Waals surface area contributed by atoms with Crippen LogP contribution in [0.4, 0.5) is 0 Å². The van der Waals surface area contributed by atoms with Crippen LogP contribution in [0.2, 0.25) is 0 Å². The summed E-state index contributed by atoms with van der Waals surface area (Å²) in [6.07, 6.45) is 7.15. The van der Waals surface area contributed by atoms with Crippen molar-refractivity contribution in [2.45, 2.75) is 57.9 Å². The van der Waals surface area contributed by atoms with Gasteiger partial charge in [-0.2, -0.15) is 4.31 Å². The Morgan fingerprint density at radius 2 is 1.81 bits per heavy atom. The number of pyridine rings is 1. The summed E-state index contributed by atoms with van der Waals surface area (Å²) in [5.74, 6) is 0.224. The highest BCUT2D eigenvalue weighted by molar-refractivity contribution is 7.89. The molecule has 6 nitrogen and oxygen atoms in total. The molecule has 7 heteroatoms. The molecular formula is C24H30N2O4S. The molecule has 0 N–H and O–H groups in total. The van der Waals surface area contributed by atoms with E-state index in [0.29, 0.717) is 37.8 Å². The number of nitrogens with zero attached hydrogens (tertiary/aromatic N) is 2. The van der Waals surface area contributed by atoms with Gasteiger partial charge in [-0.25, -0.2) is 8.42 Å². The van der Waals surface area contributed by atoms with E-state index < -0.39 is 10.0 Å². The first kappa shape index (κ1) is 23.2. The molecule has 31 heavy (non-hydrogen) atoms. The summed E-state index contributed by atoms with van der Waals surface area (Å²) in [5, 5.41) is 0.748. The van der Waals surface area contributed by atoms with Crippen LogP contribution in [-0.4, -0.2) is 30.0 Å². The fourth-order valence-electron chi connectivity index (χ4n) is 3.52. The van der Waals surface area contributed by atoms with Crippen LogP contribution in [0.1, 0.15) is 52.0 Å². The van der Waals surface area contributed by atoms with E-state index >= 15 is 0 Å². The molecule has 2 aromatic heterocycles. The largest absolute Gasteiger partial charge is 0.464 e. The molecule has 166 valence electrons. The summed E-state index contributed by atoms with van der Waals surface area (Å²) >= 11 is 0. The van der Waals surface area contributed by atoms with Gasteiger partial charge in [0, 0.05) is 43.7 Å². The van der Waals surface area contributed by atoms with Crippen LogP contribution in [0.15, 0.2) is 64.4 Å². The van der Waals surface area contributed by atoms with Gasteiger partial charge in [-0.1, -0.05) is 20.8 Å². The molecule has 0 saturated heterocycles. The molecule has 0 radical (unpaired) electrons. The van der Waals surface area contributed by atoms with Crippen molar-refractivity contribution in [2.24, 2.45) is 5.41 Å². The van der Waals surface area contributed by atoms with Crippen LogP contribution in [0.25, 0.3) is 11.0 Å². The average molecular weight is 443 g/mol. The highest BCUT2D eigenvalue weighted by atomic mass is 32.2. The van der Waals surface area contributed by atoms with Crippen molar-refractivity contribution in [3.8, 4) is 0 Å². The zero-order chi connectivity index (χ0) is 22.5. The van der Waals surface area contributed by atoms with E-state index in [4.69, 9.17) is 4.42 Å². The molecule has 0 saturated carbocycles. The number of carbonyl (C=O) groups excluding carboxylic acids is 1. The Balaban J connectivity index is 1.73. The lowest BCUT2D eigenvalue weighted by Gasteiger charge is -2.22. The predicted octanol–water partition coefficient (Wildman–Crippen LogP) is 5.19. The minimum atomic E-state index is -3.71. The fourth-order valence-corrected chi connectivity index (χ4v) is 5.02. The van der Waals surface area contributed by atoms with E-state index in [-0.39, 0.29) is 22.6 Å². The van der Waals surface area contributed by atoms with E-state index in [1.54, 1.807) is 42.9 Å². The molecule has 0 atom stereocenters. The molecule has 0 unspecified atom stereocenters. The summed E-state index contributed by atoms with van der Waals surface area (Å²) in [6.45, 7) is 6.74. The quantitative estimate of drug-likeness (QED) is 0.403. The van der Waals surface area contributed by atoms with Crippen molar-refractivity contribution in [1.29, 1.82) is 0 Å². The number of rotatable bonds is 10. The molecule has 0 aliphatic heterocycles. The Labute approximate surface area is 184 Å². The van der Waals surface area contributed by atoms with Crippen LogP contribution < -0.4 is 0 Å². The Morgan fingerprint density at radius 3 is 2.52 bits per heavy atom. The summed E-state index contributed by atoms with van der Waals surface area (Å²) in [4.78, 5) is 16.4. The number of ketones is 1. The maximum absolute atomic E-state index is 13.4. The number of carbonyl (C=O) groups is 1. The molecule has 2 heterocycles. The Hall–Kier alpha value is -2.51. The summed E-state index contributed by atoms with van der Waals surface area (Å²) in [6, 6.07) is 10.3. The van der Waals surface area contributed by atoms with E-state index in [1.165, 1.54) is 4.31 Å². The lowest BCUT2D eigenvalue weighted by atomic mass is 9.88. The van der Waals surface area contributed by atoms with Gasteiger partial charge in [-0.15, -0.1) is 0 Å². The first-order chi connectivity index (χ1) is 14.6. The first-order valence-corrected chi connectivity index (χ1v) is 12.0. The normalized spacial score (nSPS) is 12.5. The number of unbranched alkanes of at least 4 members (excludes halogenated alkanes) is 1. The SMILES string of the molecule is CC(C)(C)CC(=O)CCCCN(Cc1ccncc1)S(=O)(=O)c1ccc2occc2c1. The van der Waals surface area contributed by atoms with Crippen LogP contribution >= 0.6 is 0 Å². The third-order valence-corrected chi connectivity index (χ3v) is 6.85. The van der Waals surface area contributed by atoms with Gasteiger partial charge in [-0.3, -0.25) is 9.78 Å². The van der Waals surface area contributed by atoms with Crippen LogP contribution in [-0.2, 0) is 21.4 Å². The number of hydrogen-bond donors (Lipinski definition) is 0. The number of hydrogen-bond acceptors (Lipinski definition) is 5. The topological polar surface area (TPSA) is 80.5 Å². The van der Waals surface area contributed by atoms with Crippen molar-refractivity contribution in [2.75, 3.05) is 6.54 Å². The molecule has 0 fully saturated rings.